The Hall–Kier alpha value is -2.12. The van der Waals surface area contributed by atoms with E-state index < -0.39 is 5.97 Å². The minimum absolute atomic E-state index is 0.257. The molecule has 1 saturated carbocycles. The van der Waals surface area contributed by atoms with E-state index in [4.69, 9.17) is 5.11 Å². The molecule has 152 valence electrons. The van der Waals surface area contributed by atoms with Crippen molar-refractivity contribution in [1.29, 1.82) is 0 Å². The SMILES string of the molecule is O=C(O)c1ccc(N2CCN(CC(=O)N3CCN(C4CCC4)CC3)CC2)cc1. The van der Waals surface area contributed by atoms with Crippen LogP contribution < -0.4 is 4.90 Å². The molecule has 7 heteroatoms. The number of rotatable bonds is 5. The molecule has 0 aromatic heterocycles. The van der Waals surface area contributed by atoms with Crippen molar-refractivity contribution in [3.8, 4) is 0 Å². The molecule has 2 aliphatic heterocycles. The maximum Gasteiger partial charge on any atom is 0.335 e. The highest BCUT2D eigenvalue weighted by molar-refractivity contribution is 5.88. The molecule has 0 bridgehead atoms. The van der Waals surface area contributed by atoms with Crippen LogP contribution in [-0.2, 0) is 4.79 Å². The van der Waals surface area contributed by atoms with Crippen LogP contribution in [0.2, 0.25) is 0 Å². The van der Waals surface area contributed by atoms with E-state index in [1.807, 2.05) is 17.0 Å². The monoisotopic (exact) mass is 386 g/mol. The minimum atomic E-state index is -0.900. The van der Waals surface area contributed by atoms with Crippen LogP contribution in [0.4, 0.5) is 5.69 Å². The summed E-state index contributed by atoms with van der Waals surface area (Å²) in [6.07, 6.45) is 4.02. The number of nitrogens with zero attached hydrogens (tertiary/aromatic N) is 4. The lowest BCUT2D eigenvalue weighted by molar-refractivity contribution is -0.134. The van der Waals surface area contributed by atoms with Gasteiger partial charge in [-0.05, 0) is 37.1 Å². The molecule has 2 heterocycles. The summed E-state index contributed by atoms with van der Waals surface area (Å²) in [4.78, 5) is 32.7. The number of carbonyl (C=O) groups is 2. The van der Waals surface area contributed by atoms with Gasteiger partial charge in [0.25, 0.3) is 0 Å². The first-order valence-corrected chi connectivity index (χ1v) is 10.4. The molecule has 1 aromatic rings. The minimum Gasteiger partial charge on any atom is -0.478 e. The van der Waals surface area contributed by atoms with Gasteiger partial charge >= 0.3 is 5.97 Å². The predicted molar refractivity (Wildman–Crippen MR) is 108 cm³/mol. The highest BCUT2D eigenvalue weighted by Crippen LogP contribution is 2.25. The topological polar surface area (TPSA) is 67.3 Å². The summed E-state index contributed by atoms with van der Waals surface area (Å²) in [7, 11) is 0. The predicted octanol–water partition coefficient (Wildman–Crippen LogP) is 1.20. The Morgan fingerprint density at radius 3 is 2.07 bits per heavy atom. The van der Waals surface area contributed by atoms with Gasteiger partial charge in [-0.15, -0.1) is 0 Å². The summed E-state index contributed by atoms with van der Waals surface area (Å²) in [5, 5.41) is 9.01. The molecule has 0 spiro atoms. The number of amides is 1. The average molecular weight is 386 g/mol. The van der Waals surface area contributed by atoms with Crippen LogP contribution in [0.15, 0.2) is 24.3 Å². The van der Waals surface area contributed by atoms with Gasteiger partial charge in [-0.1, -0.05) is 6.42 Å². The van der Waals surface area contributed by atoms with E-state index in [2.05, 4.69) is 14.7 Å². The van der Waals surface area contributed by atoms with E-state index in [-0.39, 0.29) is 5.91 Å². The van der Waals surface area contributed by atoms with Gasteiger partial charge < -0.3 is 14.9 Å². The third kappa shape index (κ3) is 4.31. The summed E-state index contributed by atoms with van der Waals surface area (Å²) >= 11 is 0. The van der Waals surface area contributed by atoms with Crippen LogP contribution >= 0.6 is 0 Å². The number of hydrogen-bond donors (Lipinski definition) is 1. The molecule has 1 aliphatic carbocycles. The molecular formula is C21H30N4O3. The third-order valence-electron chi connectivity index (χ3n) is 6.47. The Balaban J connectivity index is 1.21. The second-order valence-corrected chi connectivity index (χ2v) is 8.12. The molecule has 0 unspecified atom stereocenters. The van der Waals surface area contributed by atoms with Crippen LogP contribution in [0.3, 0.4) is 0 Å². The Kier molecular flexibility index (Phi) is 5.82. The van der Waals surface area contributed by atoms with Gasteiger partial charge in [-0.25, -0.2) is 4.79 Å². The average Bonchev–Trinajstić information content (AvgIpc) is 2.68. The molecule has 0 radical (unpaired) electrons. The van der Waals surface area contributed by atoms with Crippen LogP contribution in [-0.4, -0.2) is 96.6 Å². The van der Waals surface area contributed by atoms with E-state index >= 15 is 0 Å². The normalized spacial score (nSPS) is 22.1. The molecule has 28 heavy (non-hydrogen) atoms. The van der Waals surface area contributed by atoms with Crippen molar-refractivity contribution < 1.29 is 14.7 Å². The zero-order valence-electron chi connectivity index (χ0n) is 16.4. The summed E-state index contributed by atoms with van der Waals surface area (Å²) in [6, 6.07) is 7.81. The molecule has 3 aliphatic rings. The molecule has 4 rings (SSSR count). The van der Waals surface area contributed by atoms with Crippen molar-refractivity contribution in [3.05, 3.63) is 29.8 Å². The summed E-state index contributed by atoms with van der Waals surface area (Å²) in [6.45, 7) is 7.71. The van der Waals surface area contributed by atoms with Gasteiger partial charge in [-0.2, -0.15) is 0 Å². The Morgan fingerprint density at radius 2 is 1.54 bits per heavy atom. The molecule has 1 aromatic carbocycles. The zero-order valence-corrected chi connectivity index (χ0v) is 16.4. The Morgan fingerprint density at radius 1 is 0.893 bits per heavy atom. The fraction of sp³-hybridized carbons (Fsp3) is 0.619. The molecule has 3 fully saturated rings. The van der Waals surface area contributed by atoms with E-state index in [1.165, 1.54) is 19.3 Å². The number of carboxylic acid groups (broad SMARTS) is 1. The lowest BCUT2D eigenvalue weighted by Crippen LogP contribution is -2.56. The van der Waals surface area contributed by atoms with Crippen molar-refractivity contribution in [2.45, 2.75) is 25.3 Å². The number of benzene rings is 1. The Labute approximate surface area is 166 Å². The fourth-order valence-corrected chi connectivity index (χ4v) is 4.36. The molecule has 0 atom stereocenters. The van der Waals surface area contributed by atoms with Gasteiger partial charge in [0.05, 0.1) is 12.1 Å². The van der Waals surface area contributed by atoms with Gasteiger partial charge in [0, 0.05) is 64.1 Å². The van der Waals surface area contributed by atoms with Crippen molar-refractivity contribution in [1.82, 2.24) is 14.7 Å². The highest BCUT2D eigenvalue weighted by Gasteiger charge is 2.30. The van der Waals surface area contributed by atoms with Crippen molar-refractivity contribution in [3.63, 3.8) is 0 Å². The van der Waals surface area contributed by atoms with E-state index in [0.29, 0.717) is 12.1 Å². The first-order valence-electron chi connectivity index (χ1n) is 10.4. The number of anilines is 1. The summed E-state index contributed by atoms with van der Waals surface area (Å²) < 4.78 is 0. The number of carbonyl (C=O) groups excluding carboxylic acids is 1. The van der Waals surface area contributed by atoms with Crippen molar-refractivity contribution >= 4 is 17.6 Å². The highest BCUT2D eigenvalue weighted by atomic mass is 16.4. The number of piperazine rings is 2. The number of aromatic carboxylic acids is 1. The standard InChI is InChI=1S/C21H30N4O3/c26-20(25-14-12-24(13-15-25)18-2-1-3-18)16-22-8-10-23(11-9-22)19-6-4-17(5-7-19)21(27)28/h4-7,18H,1-3,8-16H2,(H,27,28). The molecule has 1 N–H and O–H groups in total. The van der Waals surface area contributed by atoms with Crippen LogP contribution in [0.5, 0.6) is 0 Å². The molecule has 1 amide bonds. The number of carboxylic acids is 1. The van der Waals surface area contributed by atoms with Crippen LogP contribution in [0.25, 0.3) is 0 Å². The summed E-state index contributed by atoms with van der Waals surface area (Å²) in [5.41, 5.74) is 1.36. The van der Waals surface area contributed by atoms with E-state index in [9.17, 15) is 9.59 Å². The lowest BCUT2D eigenvalue weighted by atomic mass is 9.91. The molecular weight excluding hydrogens is 356 g/mol. The van der Waals surface area contributed by atoms with Gasteiger partial charge in [0.1, 0.15) is 0 Å². The van der Waals surface area contributed by atoms with Crippen LogP contribution in [0.1, 0.15) is 29.6 Å². The lowest BCUT2D eigenvalue weighted by Gasteiger charge is -2.43. The first kappa shape index (κ1) is 19.2. The van der Waals surface area contributed by atoms with Crippen molar-refractivity contribution in [2.24, 2.45) is 0 Å². The fourth-order valence-electron chi connectivity index (χ4n) is 4.36. The largest absolute Gasteiger partial charge is 0.478 e. The maximum absolute atomic E-state index is 12.7. The second-order valence-electron chi connectivity index (χ2n) is 8.12. The van der Waals surface area contributed by atoms with E-state index in [0.717, 1.165) is 64.1 Å². The van der Waals surface area contributed by atoms with Crippen LogP contribution in [0, 0.1) is 0 Å². The van der Waals surface area contributed by atoms with Gasteiger partial charge in [0.2, 0.25) is 5.91 Å². The van der Waals surface area contributed by atoms with E-state index in [1.54, 1.807) is 12.1 Å². The van der Waals surface area contributed by atoms with Crippen molar-refractivity contribution in [2.75, 3.05) is 63.8 Å². The molecule has 2 saturated heterocycles. The maximum atomic E-state index is 12.7. The van der Waals surface area contributed by atoms with Gasteiger partial charge in [-0.3, -0.25) is 14.6 Å². The quantitative estimate of drug-likeness (QED) is 0.820. The zero-order chi connectivity index (χ0) is 19.5. The third-order valence-corrected chi connectivity index (χ3v) is 6.47. The smallest absolute Gasteiger partial charge is 0.335 e. The second kappa shape index (κ2) is 8.49. The summed E-state index contributed by atoms with van der Waals surface area (Å²) in [5.74, 6) is -0.643. The molecule has 7 nitrogen and oxygen atoms in total. The number of hydrogen-bond acceptors (Lipinski definition) is 5. The van der Waals surface area contributed by atoms with Gasteiger partial charge in [0.15, 0.2) is 0 Å². The Bertz CT molecular complexity index is 688. The first-order chi connectivity index (χ1) is 13.6.